The quantitative estimate of drug-likeness (QED) is 0.371. The molecule has 7 heteroatoms. The fraction of sp³-hybridized carbons (Fsp3) is 0.364. The predicted octanol–water partition coefficient (Wildman–Crippen LogP) is 2.82. The zero-order valence-electron chi connectivity index (χ0n) is 17.1. The van der Waals surface area contributed by atoms with Crippen LogP contribution in [0.3, 0.4) is 0 Å². The number of ketones is 1. The van der Waals surface area contributed by atoms with E-state index in [0.717, 1.165) is 0 Å². The minimum absolute atomic E-state index is 0.0703. The molecule has 2 N–H and O–H groups in total. The Labute approximate surface area is 170 Å². The average Bonchev–Trinajstić information content (AvgIpc) is 2.76. The lowest BCUT2D eigenvalue weighted by atomic mass is 9.81. The third-order valence-corrected chi connectivity index (χ3v) is 4.69. The van der Waals surface area contributed by atoms with Crippen molar-refractivity contribution in [1.29, 1.82) is 0 Å². The van der Waals surface area contributed by atoms with E-state index in [1.54, 1.807) is 56.5 Å². The Bertz CT molecular complexity index is 834. The van der Waals surface area contributed by atoms with E-state index in [4.69, 9.17) is 24.7 Å². The molecule has 0 heterocycles. The van der Waals surface area contributed by atoms with Crippen molar-refractivity contribution in [3.05, 3.63) is 53.6 Å². The molecule has 0 aromatic heterocycles. The Morgan fingerprint density at radius 3 is 2.10 bits per heavy atom. The highest BCUT2D eigenvalue weighted by Gasteiger charge is 2.37. The molecule has 2 rings (SSSR count). The second-order valence-electron chi connectivity index (χ2n) is 6.28. The van der Waals surface area contributed by atoms with E-state index >= 15 is 0 Å². The van der Waals surface area contributed by atoms with Crippen LogP contribution >= 0.6 is 0 Å². The van der Waals surface area contributed by atoms with Crippen LogP contribution < -0.4 is 19.9 Å². The molecule has 0 fully saturated rings. The molecule has 2 atom stereocenters. The zero-order chi connectivity index (χ0) is 21.4. The van der Waals surface area contributed by atoms with Crippen LogP contribution in [0.4, 0.5) is 0 Å². The van der Waals surface area contributed by atoms with E-state index in [1.165, 1.54) is 14.2 Å². The van der Waals surface area contributed by atoms with Crippen molar-refractivity contribution in [1.82, 2.24) is 0 Å². The van der Waals surface area contributed by atoms with Crippen LogP contribution in [0.1, 0.15) is 28.8 Å². The van der Waals surface area contributed by atoms with E-state index in [1.807, 2.05) is 0 Å². The van der Waals surface area contributed by atoms with Gasteiger partial charge in [0.15, 0.2) is 17.3 Å². The smallest absolute Gasteiger partial charge is 0.317 e. The minimum atomic E-state index is -1.09. The van der Waals surface area contributed by atoms with E-state index in [-0.39, 0.29) is 18.9 Å². The van der Waals surface area contributed by atoms with Gasteiger partial charge in [0, 0.05) is 18.0 Å². The summed E-state index contributed by atoms with van der Waals surface area (Å²) >= 11 is 0. The van der Waals surface area contributed by atoms with Crippen LogP contribution in [0.25, 0.3) is 0 Å². The highest BCUT2D eigenvalue weighted by atomic mass is 16.5. The van der Waals surface area contributed by atoms with Crippen LogP contribution in [0, 0.1) is 5.92 Å². The van der Waals surface area contributed by atoms with Crippen LogP contribution in [-0.2, 0) is 9.53 Å². The molecule has 7 nitrogen and oxygen atoms in total. The fourth-order valence-corrected chi connectivity index (χ4v) is 3.17. The number of carbonyl (C=O) groups is 2. The molecular formula is C22H27NO6. The molecule has 156 valence electrons. The number of methoxy groups -OCH3 is 3. The summed E-state index contributed by atoms with van der Waals surface area (Å²) in [6, 6.07) is 11.8. The summed E-state index contributed by atoms with van der Waals surface area (Å²) in [5, 5.41) is 0. The Balaban J connectivity index is 2.48. The van der Waals surface area contributed by atoms with Gasteiger partial charge in [0.1, 0.15) is 11.7 Å². The van der Waals surface area contributed by atoms with Crippen molar-refractivity contribution < 1.29 is 28.5 Å². The van der Waals surface area contributed by atoms with E-state index < -0.39 is 17.8 Å². The van der Waals surface area contributed by atoms with Gasteiger partial charge in [-0.05, 0) is 48.9 Å². The standard InChI is InChI=1S/C22H27NO6/c1-5-29-22(25)20(21(24)14-6-9-16(26-2)10-7-14)17(13-23)15-8-11-18(27-3)19(12-15)28-4/h6-12,17,20H,5,13,23H2,1-4H3. The molecule has 0 radical (unpaired) electrons. The van der Waals surface area contributed by atoms with Crippen molar-refractivity contribution in [2.75, 3.05) is 34.5 Å². The highest BCUT2D eigenvalue weighted by Crippen LogP contribution is 2.35. The SMILES string of the molecule is CCOC(=O)C(C(=O)c1ccc(OC)cc1)C(CN)c1ccc(OC)c(OC)c1. The summed E-state index contributed by atoms with van der Waals surface area (Å²) in [4.78, 5) is 26.0. The first-order valence-electron chi connectivity index (χ1n) is 9.27. The molecule has 2 aromatic rings. The van der Waals surface area contributed by atoms with Crippen molar-refractivity contribution in [2.45, 2.75) is 12.8 Å². The third-order valence-electron chi connectivity index (χ3n) is 4.69. The van der Waals surface area contributed by atoms with Gasteiger partial charge < -0.3 is 24.7 Å². The lowest BCUT2D eigenvalue weighted by Crippen LogP contribution is -2.35. The molecule has 0 saturated heterocycles. The fourth-order valence-electron chi connectivity index (χ4n) is 3.17. The molecule has 2 aromatic carbocycles. The van der Waals surface area contributed by atoms with Gasteiger partial charge >= 0.3 is 5.97 Å². The van der Waals surface area contributed by atoms with E-state index in [0.29, 0.717) is 28.4 Å². The number of rotatable bonds is 10. The normalized spacial score (nSPS) is 12.6. The largest absolute Gasteiger partial charge is 0.497 e. The molecule has 0 aliphatic carbocycles. The number of nitrogens with two attached hydrogens (primary N) is 1. The molecular weight excluding hydrogens is 374 g/mol. The summed E-state index contributed by atoms with van der Waals surface area (Å²) in [7, 11) is 4.59. The molecule has 2 unspecified atom stereocenters. The number of benzene rings is 2. The Hall–Kier alpha value is -3.06. The van der Waals surface area contributed by atoms with Gasteiger partial charge in [-0.1, -0.05) is 6.07 Å². The maximum atomic E-state index is 13.3. The molecule has 0 aliphatic rings. The second-order valence-corrected chi connectivity index (χ2v) is 6.28. The topological polar surface area (TPSA) is 97.1 Å². The van der Waals surface area contributed by atoms with Gasteiger partial charge in [-0.25, -0.2) is 0 Å². The maximum Gasteiger partial charge on any atom is 0.317 e. The van der Waals surface area contributed by atoms with Gasteiger partial charge in [0.25, 0.3) is 0 Å². The van der Waals surface area contributed by atoms with Crippen molar-refractivity contribution in [3.63, 3.8) is 0 Å². The van der Waals surface area contributed by atoms with Crippen LogP contribution in [0.2, 0.25) is 0 Å². The number of hydrogen-bond donors (Lipinski definition) is 1. The van der Waals surface area contributed by atoms with Gasteiger partial charge in [0.2, 0.25) is 0 Å². The number of ether oxygens (including phenoxy) is 4. The number of hydrogen-bond acceptors (Lipinski definition) is 7. The average molecular weight is 401 g/mol. The number of esters is 1. The van der Waals surface area contributed by atoms with Gasteiger partial charge in [-0.15, -0.1) is 0 Å². The van der Waals surface area contributed by atoms with Crippen LogP contribution in [-0.4, -0.2) is 46.2 Å². The molecule has 0 bridgehead atoms. The van der Waals surface area contributed by atoms with Gasteiger partial charge in [-0.3, -0.25) is 9.59 Å². The van der Waals surface area contributed by atoms with Crippen molar-refractivity contribution >= 4 is 11.8 Å². The summed E-state index contributed by atoms with van der Waals surface area (Å²) < 4.78 is 20.9. The van der Waals surface area contributed by atoms with Gasteiger partial charge in [-0.2, -0.15) is 0 Å². The lowest BCUT2D eigenvalue weighted by Gasteiger charge is -2.25. The van der Waals surface area contributed by atoms with Crippen molar-refractivity contribution in [3.8, 4) is 17.2 Å². The van der Waals surface area contributed by atoms with Crippen LogP contribution in [0.15, 0.2) is 42.5 Å². The summed E-state index contributed by atoms with van der Waals surface area (Å²) in [6.07, 6.45) is 0. The first-order chi connectivity index (χ1) is 14.0. The van der Waals surface area contributed by atoms with Crippen molar-refractivity contribution in [2.24, 2.45) is 11.7 Å². The van der Waals surface area contributed by atoms with E-state index in [2.05, 4.69) is 0 Å². The van der Waals surface area contributed by atoms with Gasteiger partial charge in [0.05, 0.1) is 27.9 Å². The molecule has 0 saturated carbocycles. The Kier molecular flexibility index (Phi) is 8.03. The molecule has 0 amide bonds. The van der Waals surface area contributed by atoms with Crippen LogP contribution in [0.5, 0.6) is 17.2 Å². The lowest BCUT2D eigenvalue weighted by molar-refractivity contribution is -0.146. The monoisotopic (exact) mass is 401 g/mol. The predicted molar refractivity (Wildman–Crippen MR) is 109 cm³/mol. The number of Topliss-reactive ketones (excluding diaryl/α,β-unsaturated/α-hetero) is 1. The summed E-state index contributed by atoms with van der Waals surface area (Å²) in [5.74, 6) is -1.02. The first kappa shape index (κ1) is 22.2. The molecule has 29 heavy (non-hydrogen) atoms. The Morgan fingerprint density at radius 1 is 0.931 bits per heavy atom. The summed E-state index contributed by atoms with van der Waals surface area (Å²) in [6.45, 7) is 1.93. The minimum Gasteiger partial charge on any atom is -0.497 e. The van der Waals surface area contributed by atoms with E-state index in [9.17, 15) is 9.59 Å². The number of carbonyl (C=O) groups excluding carboxylic acids is 2. The Morgan fingerprint density at radius 2 is 1.59 bits per heavy atom. The maximum absolute atomic E-state index is 13.3. The molecule has 0 aliphatic heterocycles. The molecule has 0 spiro atoms. The second kappa shape index (κ2) is 10.5. The third kappa shape index (κ3) is 5.06. The summed E-state index contributed by atoms with van der Waals surface area (Å²) in [5.41, 5.74) is 7.07. The zero-order valence-corrected chi connectivity index (χ0v) is 17.1. The first-order valence-corrected chi connectivity index (χ1v) is 9.27. The highest BCUT2D eigenvalue weighted by molar-refractivity contribution is 6.09.